The van der Waals surface area contributed by atoms with Crippen molar-refractivity contribution in [1.82, 2.24) is 4.98 Å². The summed E-state index contributed by atoms with van der Waals surface area (Å²) < 4.78 is 21.3. The van der Waals surface area contributed by atoms with Crippen molar-refractivity contribution < 1.29 is 28.5 Å². The van der Waals surface area contributed by atoms with Crippen LogP contribution in [0.1, 0.15) is 29.4 Å². The molecule has 2 heterocycles. The van der Waals surface area contributed by atoms with Gasteiger partial charge in [-0.3, -0.25) is 19.3 Å². The summed E-state index contributed by atoms with van der Waals surface area (Å²) in [5.41, 5.74) is 0.555. The molecule has 1 amide bonds. The minimum atomic E-state index is -0.735. The van der Waals surface area contributed by atoms with Gasteiger partial charge in [0.1, 0.15) is 0 Å². The number of carbonyl (C=O) groups is 2. The van der Waals surface area contributed by atoms with Crippen LogP contribution in [0, 0.1) is 0 Å². The standard InChI is InChI=1S/C20H22N2O7/c1-5-6-29-15-9-21-11(7-13(15)23)10-22-12-8-14(26-2)18(27-3)19(28-4)16(12)17(24)20(22)25/h7-9H,5-6,10H2,1-4H3,(H,21,23). The third-order valence-electron chi connectivity index (χ3n) is 4.49. The number of nitrogens with one attached hydrogen (secondary N) is 1. The Kier molecular flexibility index (Phi) is 5.76. The zero-order valence-electron chi connectivity index (χ0n) is 16.7. The van der Waals surface area contributed by atoms with Crippen LogP contribution in [0.3, 0.4) is 0 Å². The van der Waals surface area contributed by atoms with Gasteiger partial charge >= 0.3 is 0 Å². The molecular formula is C20H22N2O7. The van der Waals surface area contributed by atoms with Gasteiger partial charge in [-0.05, 0) is 6.42 Å². The SMILES string of the molecule is CCCOc1c[nH]c(CN2C(=O)C(=O)c3c2cc(OC)c(OC)c3OC)cc1=O. The summed E-state index contributed by atoms with van der Waals surface area (Å²) in [7, 11) is 4.24. The Hall–Kier alpha value is -3.49. The second kappa shape index (κ2) is 8.26. The molecular weight excluding hydrogens is 380 g/mol. The molecule has 0 atom stereocenters. The number of ether oxygens (including phenoxy) is 4. The van der Waals surface area contributed by atoms with Crippen LogP contribution in [-0.4, -0.2) is 44.6 Å². The van der Waals surface area contributed by atoms with Crippen LogP contribution in [0.5, 0.6) is 23.0 Å². The van der Waals surface area contributed by atoms with Gasteiger partial charge in [0.25, 0.3) is 11.7 Å². The van der Waals surface area contributed by atoms with Crippen molar-refractivity contribution in [3.05, 3.63) is 39.8 Å². The van der Waals surface area contributed by atoms with Crippen molar-refractivity contribution in [2.75, 3.05) is 32.8 Å². The minimum absolute atomic E-state index is 0.0144. The highest BCUT2D eigenvalue weighted by Gasteiger charge is 2.41. The Morgan fingerprint density at radius 2 is 1.69 bits per heavy atom. The molecule has 1 aromatic heterocycles. The molecule has 0 aliphatic carbocycles. The van der Waals surface area contributed by atoms with Crippen molar-refractivity contribution in [3.63, 3.8) is 0 Å². The number of H-pyrrole nitrogens is 1. The van der Waals surface area contributed by atoms with E-state index in [1.165, 1.54) is 44.6 Å². The molecule has 9 heteroatoms. The van der Waals surface area contributed by atoms with Gasteiger partial charge in [-0.2, -0.15) is 0 Å². The number of aromatic amines is 1. The molecule has 0 saturated heterocycles. The van der Waals surface area contributed by atoms with E-state index in [9.17, 15) is 14.4 Å². The summed E-state index contributed by atoms with van der Waals surface area (Å²) >= 11 is 0. The van der Waals surface area contributed by atoms with E-state index in [2.05, 4.69) is 4.98 Å². The largest absolute Gasteiger partial charge is 0.493 e. The molecule has 1 N–H and O–H groups in total. The molecule has 0 radical (unpaired) electrons. The first-order valence-electron chi connectivity index (χ1n) is 9.00. The highest BCUT2D eigenvalue weighted by Crippen LogP contribution is 2.48. The van der Waals surface area contributed by atoms with Gasteiger partial charge in [0.05, 0.1) is 45.7 Å². The van der Waals surface area contributed by atoms with Crippen LogP contribution >= 0.6 is 0 Å². The monoisotopic (exact) mass is 402 g/mol. The molecule has 154 valence electrons. The molecule has 0 fully saturated rings. The van der Waals surface area contributed by atoms with Gasteiger partial charge < -0.3 is 23.9 Å². The number of aromatic nitrogens is 1. The number of pyridine rings is 1. The Bertz CT molecular complexity index is 1010. The number of hydrogen-bond acceptors (Lipinski definition) is 7. The normalized spacial score (nSPS) is 12.8. The number of fused-ring (bicyclic) bond motifs is 1. The summed E-state index contributed by atoms with van der Waals surface area (Å²) in [6.07, 6.45) is 2.22. The Balaban J connectivity index is 2.01. The number of Topliss-reactive ketones (excluding diaryl/α,β-unsaturated/α-hetero) is 1. The lowest BCUT2D eigenvalue weighted by atomic mass is 10.1. The number of benzene rings is 1. The summed E-state index contributed by atoms with van der Waals surface area (Å²) in [4.78, 5) is 41.7. The third kappa shape index (κ3) is 3.51. The van der Waals surface area contributed by atoms with Crippen LogP contribution < -0.4 is 29.3 Å². The van der Waals surface area contributed by atoms with Crippen LogP contribution in [0.25, 0.3) is 0 Å². The Morgan fingerprint density at radius 3 is 2.28 bits per heavy atom. The number of ketones is 1. The van der Waals surface area contributed by atoms with E-state index in [1.54, 1.807) is 0 Å². The predicted octanol–water partition coefficient (Wildman–Crippen LogP) is 1.92. The third-order valence-corrected chi connectivity index (χ3v) is 4.49. The topological polar surface area (TPSA) is 107 Å². The highest BCUT2D eigenvalue weighted by atomic mass is 16.5. The van der Waals surface area contributed by atoms with Gasteiger partial charge in [-0.25, -0.2) is 0 Å². The van der Waals surface area contributed by atoms with Crippen LogP contribution in [-0.2, 0) is 11.3 Å². The smallest absolute Gasteiger partial charge is 0.299 e. The lowest BCUT2D eigenvalue weighted by Gasteiger charge is -2.19. The van der Waals surface area contributed by atoms with Crippen LogP contribution in [0.15, 0.2) is 23.1 Å². The number of methoxy groups -OCH3 is 3. The second-order valence-electron chi connectivity index (χ2n) is 6.30. The van der Waals surface area contributed by atoms with Gasteiger partial charge in [-0.15, -0.1) is 0 Å². The molecule has 1 aliphatic rings. The fourth-order valence-corrected chi connectivity index (χ4v) is 3.16. The average molecular weight is 402 g/mol. The molecule has 0 unspecified atom stereocenters. The van der Waals surface area contributed by atoms with Gasteiger partial charge in [0, 0.05) is 24.0 Å². The molecule has 3 rings (SSSR count). The van der Waals surface area contributed by atoms with E-state index in [1.807, 2.05) is 6.92 Å². The van der Waals surface area contributed by atoms with Crippen molar-refractivity contribution in [2.24, 2.45) is 0 Å². The summed E-state index contributed by atoms with van der Waals surface area (Å²) in [6.45, 7) is 2.35. The van der Waals surface area contributed by atoms with Crippen molar-refractivity contribution in [1.29, 1.82) is 0 Å². The average Bonchev–Trinajstić information content (AvgIpc) is 2.96. The predicted molar refractivity (Wildman–Crippen MR) is 104 cm³/mol. The number of rotatable bonds is 8. The fraction of sp³-hybridized carbons (Fsp3) is 0.350. The van der Waals surface area contributed by atoms with E-state index in [4.69, 9.17) is 18.9 Å². The minimum Gasteiger partial charge on any atom is -0.493 e. The quantitative estimate of drug-likeness (QED) is 0.672. The van der Waals surface area contributed by atoms with Crippen LogP contribution in [0.2, 0.25) is 0 Å². The zero-order valence-corrected chi connectivity index (χ0v) is 16.7. The molecule has 29 heavy (non-hydrogen) atoms. The van der Waals surface area contributed by atoms with Crippen molar-refractivity contribution in [3.8, 4) is 23.0 Å². The lowest BCUT2D eigenvalue weighted by molar-refractivity contribution is -0.114. The molecule has 1 aromatic carbocycles. The number of amides is 1. The van der Waals surface area contributed by atoms with E-state index in [-0.39, 0.29) is 34.8 Å². The van der Waals surface area contributed by atoms with E-state index < -0.39 is 11.7 Å². The molecule has 0 bridgehead atoms. The molecule has 1 aliphatic heterocycles. The maximum absolute atomic E-state index is 12.6. The van der Waals surface area contributed by atoms with E-state index in [0.717, 1.165) is 6.42 Å². The maximum atomic E-state index is 12.6. The molecule has 9 nitrogen and oxygen atoms in total. The van der Waals surface area contributed by atoms with E-state index >= 15 is 0 Å². The molecule has 0 spiro atoms. The van der Waals surface area contributed by atoms with Crippen molar-refractivity contribution in [2.45, 2.75) is 19.9 Å². The molecule has 2 aromatic rings. The summed E-state index contributed by atoms with van der Waals surface area (Å²) in [5, 5.41) is 0. The summed E-state index contributed by atoms with van der Waals surface area (Å²) in [5.74, 6) is -0.591. The maximum Gasteiger partial charge on any atom is 0.299 e. The second-order valence-corrected chi connectivity index (χ2v) is 6.30. The fourth-order valence-electron chi connectivity index (χ4n) is 3.16. The Labute approximate surface area is 167 Å². The molecule has 0 saturated carbocycles. The number of nitrogens with zero attached hydrogens (tertiary/aromatic N) is 1. The zero-order chi connectivity index (χ0) is 21.1. The van der Waals surface area contributed by atoms with Crippen LogP contribution in [0.4, 0.5) is 5.69 Å². The van der Waals surface area contributed by atoms with Gasteiger partial charge in [0.15, 0.2) is 17.2 Å². The highest BCUT2D eigenvalue weighted by molar-refractivity contribution is 6.53. The van der Waals surface area contributed by atoms with Gasteiger partial charge in [0.2, 0.25) is 11.2 Å². The number of carbonyl (C=O) groups excluding carboxylic acids is 2. The first-order valence-corrected chi connectivity index (χ1v) is 9.00. The Morgan fingerprint density at radius 1 is 0.966 bits per heavy atom. The first-order chi connectivity index (χ1) is 14.0. The number of anilines is 1. The van der Waals surface area contributed by atoms with E-state index in [0.29, 0.717) is 23.7 Å². The van der Waals surface area contributed by atoms with Gasteiger partial charge in [-0.1, -0.05) is 6.92 Å². The lowest BCUT2D eigenvalue weighted by Crippen LogP contribution is -2.30. The summed E-state index contributed by atoms with van der Waals surface area (Å²) in [6, 6.07) is 2.88. The van der Waals surface area contributed by atoms with Crippen molar-refractivity contribution >= 4 is 17.4 Å². The first kappa shape index (κ1) is 20.2. The number of hydrogen-bond donors (Lipinski definition) is 1.